The molecule has 0 unspecified atom stereocenters. The number of nitrogens with one attached hydrogen (secondary N) is 1. The third-order valence-corrected chi connectivity index (χ3v) is 6.69. The van der Waals surface area contributed by atoms with Gasteiger partial charge < -0.3 is 4.74 Å². The van der Waals surface area contributed by atoms with Crippen LogP contribution in [0.15, 0.2) is 47.4 Å². The number of aryl methyl sites for hydroxylation is 1. The summed E-state index contributed by atoms with van der Waals surface area (Å²) in [5.41, 5.74) is 1.16. The van der Waals surface area contributed by atoms with Crippen LogP contribution >= 0.6 is 22.9 Å². The van der Waals surface area contributed by atoms with E-state index in [2.05, 4.69) is 4.72 Å². The van der Waals surface area contributed by atoms with Crippen LogP contribution in [0.2, 0.25) is 5.02 Å². The molecule has 0 aliphatic heterocycles. The molecule has 8 heteroatoms. The molecular formula is C18H16ClNO4S2. The average molecular weight is 410 g/mol. The number of ether oxygens (including phenoxy) is 1. The predicted molar refractivity (Wildman–Crippen MR) is 105 cm³/mol. The van der Waals surface area contributed by atoms with Crippen molar-refractivity contribution in [3.63, 3.8) is 0 Å². The Morgan fingerprint density at radius 3 is 2.65 bits per heavy atom. The highest BCUT2D eigenvalue weighted by atomic mass is 35.5. The lowest BCUT2D eigenvalue weighted by molar-refractivity contribution is 0.0528. The minimum Gasteiger partial charge on any atom is -0.462 e. The number of sulfonamides is 1. The van der Waals surface area contributed by atoms with Crippen molar-refractivity contribution >= 4 is 54.7 Å². The molecule has 0 aliphatic rings. The summed E-state index contributed by atoms with van der Waals surface area (Å²) >= 11 is 7.24. The Hall–Kier alpha value is -2.09. The number of carbonyl (C=O) groups excluding carboxylic acids is 1. The van der Waals surface area contributed by atoms with Gasteiger partial charge in [0.1, 0.15) is 9.77 Å². The molecule has 0 saturated heterocycles. The Bertz CT molecular complexity index is 1090. The topological polar surface area (TPSA) is 72.5 Å². The van der Waals surface area contributed by atoms with Crippen LogP contribution in [0.25, 0.3) is 10.1 Å². The van der Waals surface area contributed by atoms with E-state index >= 15 is 0 Å². The first-order valence-corrected chi connectivity index (χ1v) is 10.5. The molecule has 1 aromatic heterocycles. The largest absolute Gasteiger partial charge is 0.462 e. The molecule has 0 radical (unpaired) electrons. The summed E-state index contributed by atoms with van der Waals surface area (Å²) < 4.78 is 34.4. The Labute approximate surface area is 160 Å². The standard InChI is InChI=1S/C18H16ClNO4S2/c1-3-24-18(21)16-17(12-6-4-5-7-15(12)25-16)26(22,23)20-14-9-8-11(2)10-13(14)19/h4-10,20H,3H2,1-2H3. The number of carbonyl (C=O) groups is 1. The molecule has 0 amide bonds. The number of halogens is 1. The van der Waals surface area contributed by atoms with Gasteiger partial charge in [-0.25, -0.2) is 13.2 Å². The molecule has 2 aromatic carbocycles. The van der Waals surface area contributed by atoms with Crippen LogP contribution in [-0.4, -0.2) is 21.0 Å². The van der Waals surface area contributed by atoms with Gasteiger partial charge in [0.2, 0.25) is 0 Å². The Balaban J connectivity index is 2.15. The van der Waals surface area contributed by atoms with Crippen molar-refractivity contribution in [2.45, 2.75) is 18.7 Å². The van der Waals surface area contributed by atoms with Gasteiger partial charge in [0, 0.05) is 10.1 Å². The van der Waals surface area contributed by atoms with E-state index < -0.39 is 16.0 Å². The van der Waals surface area contributed by atoms with Crippen LogP contribution < -0.4 is 4.72 Å². The van der Waals surface area contributed by atoms with Gasteiger partial charge in [-0.05, 0) is 37.6 Å². The van der Waals surface area contributed by atoms with Gasteiger partial charge >= 0.3 is 5.97 Å². The van der Waals surface area contributed by atoms with E-state index in [1.807, 2.05) is 6.92 Å². The SMILES string of the molecule is CCOC(=O)c1sc2ccccc2c1S(=O)(=O)Nc1ccc(C)cc1Cl. The van der Waals surface area contributed by atoms with Crippen LogP contribution in [0.5, 0.6) is 0 Å². The fraction of sp³-hybridized carbons (Fsp3) is 0.167. The molecule has 0 spiro atoms. The van der Waals surface area contributed by atoms with E-state index in [1.54, 1.807) is 49.4 Å². The zero-order valence-corrected chi connectivity index (χ0v) is 16.5. The molecule has 3 aromatic rings. The molecule has 3 rings (SSSR count). The van der Waals surface area contributed by atoms with Crippen molar-refractivity contribution in [3.8, 4) is 0 Å². The van der Waals surface area contributed by atoms with Crippen LogP contribution in [0.4, 0.5) is 5.69 Å². The van der Waals surface area contributed by atoms with Crippen LogP contribution in [0.1, 0.15) is 22.2 Å². The van der Waals surface area contributed by atoms with E-state index in [-0.39, 0.29) is 27.1 Å². The highest BCUT2D eigenvalue weighted by molar-refractivity contribution is 7.93. The monoisotopic (exact) mass is 409 g/mol. The number of thiophene rings is 1. The number of anilines is 1. The molecule has 0 bridgehead atoms. The van der Waals surface area contributed by atoms with Gasteiger partial charge in [-0.15, -0.1) is 11.3 Å². The van der Waals surface area contributed by atoms with E-state index in [9.17, 15) is 13.2 Å². The van der Waals surface area contributed by atoms with Crippen molar-refractivity contribution in [1.82, 2.24) is 0 Å². The highest BCUT2D eigenvalue weighted by Crippen LogP contribution is 2.37. The molecular weight excluding hydrogens is 394 g/mol. The molecule has 0 fully saturated rings. The minimum absolute atomic E-state index is 0.0452. The van der Waals surface area contributed by atoms with Gasteiger partial charge in [-0.3, -0.25) is 4.72 Å². The summed E-state index contributed by atoms with van der Waals surface area (Å²) in [6, 6.07) is 11.9. The number of esters is 1. The molecule has 136 valence electrons. The van der Waals surface area contributed by atoms with Crippen molar-refractivity contribution < 1.29 is 17.9 Å². The predicted octanol–water partition coefficient (Wildman–Crippen LogP) is 4.84. The smallest absolute Gasteiger partial charge is 0.349 e. The quantitative estimate of drug-likeness (QED) is 0.612. The van der Waals surface area contributed by atoms with E-state index in [0.29, 0.717) is 10.1 Å². The fourth-order valence-electron chi connectivity index (χ4n) is 2.52. The maximum Gasteiger partial charge on any atom is 0.349 e. The van der Waals surface area contributed by atoms with Gasteiger partial charge in [0.05, 0.1) is 17.3 Å². The lowest BCUT2D eigenvalue weighted by Gasteiger charge is -2.11. The van der Waals surface area contributed by atoms with Gasteiger partial charge in [-0.1, -0.05) is 35.9 Å². The zero-order chi connectivity index (χ0) is 18.9. The van der Waals surface area contributed by atoms with E-state index in [0.717, 1.165) is 16.9 Å². The summed E-state index contributed by atoms with van der Waals surface area (Å²) in [7, 11) is -4.05. The van der Waals surface area contributed by atoms with Gasteiger partial charge in [-0.2, -0.15) is 0 Å². The van der Waals surface area contributed by atoms with Crippen LogP contribution in [0.3, 0.4) is 0 Å². The van der Waals surface area contributed by atoms with Crippen molar-refractivity contribution in [3.05, 3.63) is 57.9 Å². The van der Waals surface area contributed by atoms with Crippen molar-refractivity contribution in [2.24, 2.45) is 0 Å². The first-order valence-electron chi connectivity index (χ1n) is 7.81. The number of hydrogen-bond acceptors (Lipinski definition) is 5. The number of fused-ring (bicyclic) bond motifs is 1. The Kier molecular flexibility index (Phi) is 5.22. The number of hydrogen-bond donors (Lipinski definition) is 1. The third kappa shape index (κ3) is 3.56. The Morgan fingerprint density at radius 1 is 1.23 bits per heavy atom. The van der Waals surface area contributed by atoms with Gasteiger partial charge in [0.15, 0.2) is 0 Å². The van der Waals surface area contributed by atoms with E-state index in [1.165, 1.54) is 0 Å². The molecule has 1 N–H and O–H groups in total. The minimum atomic E-state index is -4.05. The molecule has 5 nitrogen and oxygen atoms in total. The zero-order valence-electron chi connectivity index (χ0n) is 14.1. The first-order chi connectivity index (χ1) is 12.3. The fourth-order valence-corrected chi connectivity index (χ4v) is 5.73. The van der Waals surface area contributed by atoms with Gasteiger partial charge in [0.25, 0.3) is 10.0 Å². The van der Waals surface area contributed by atoms with Crippen molar-refractivity contribution in [2.75, 3.05) is 11.3 Å². The molecule has 1 heterocycles. The lowest BCUT2D eigenvalue weighted by Crippen LogP contribution is -2.16. The maximum atomic E-state index is 13.1. The highest BCUT2D eigenvalue weighted by Gasteiger charge is 2.29. The van der Waals surface area contributed by atoms with Crippen LogP contribution in [0, 0.1) is 6.92 Å². The Morgan fingerprint density at radius 2 is 1.96 bits per heavy atom. The summed E-state index contributed by atoms with van der Waals surface area (Å²) in [4.78, 5) is 12.3. The number of rotatable bonds is 5. The molecule has 0 saturated carbocycles. The first kappa shape index (κ1) is 18.7. The third-order valence-electron chi connectivity index (χ3n) is 3.65. The summed E-state index contributed by atoms with van der Waals surface area (Å²) in [6.45, 7) is 3.68. The summed E-state index contributed by atoms with van der Waals surface area (Å²) in [5, 5.41) is 0.752. The summed E-state index contributed by atoms with van der Waals surface area (Å²) in [5.74, 6) is -0.663. The maximum absolute atomic E-state index is 13.1. The molecule has 0 aliphatic carbocycles. The molecule has 0 atom stereocenters. The van der Waals surface area contributed by atoms with Crippen LogP contribution in [-0.2, 0) is 14.8 Å². The number of benzene rings is 2. The van der Waals surface area contributed by atoms with Crippen molar-refractivity contribution in [1.29, 1.82) is 0 Å². The normalized spacial score (nSPS) is 11.5. The lowest BCUT2D eigenvalue weighted by atomic mass is 10.2. The molecule has 26 heavy (non-hydrogen) atoms. The summed E-state index contributed by atoms with van der Waals surface area (Å²) in [6.07, 6.45) is 0. The second-order valence-corrected chi connectivity index (χ2v) is 8.64. The average Bonchev–Trinajstić information content (AvgIpc) is 2.98. The second-order valence-electron chi connectivity index (χ2n) is 5.57. The second kappa shape index (κ2) is 7.26. The van der Waals surface area contributed by atoms with E-state index in [4.69, 9.17) is 16.3 Å².